The van der Waals surface area contributed by atoms with E-state index in [1.807, 2.05) is 42.6 Å². The maximum Gasteiger partial charge on any atom is 0.259 e. The largest absolute Gasteiger partial charge is 0.343 e. The van der Waals surface area contributed by atoms with Gasteiger partial charge in [0.25, 0.3) is 11.8 Å². The second-order valence-electron chi connectivity index (χ2n) is 5.53. The molecule has 5 nitrogen and oxygen atoms in total. The van der Waals surface area contributed by atoms with Crippen LogP contribution in [0.4, 0.5) is 0 Å². The van der Waals surface area contributed by atoms with Gasteiger partial charge in [0.05, 0.1) is 12.8 Å². The molecule has 0 spiro atoms. The van der Waals surface area contributed by atoms with Crippen LogP contribution in [0.3, 0.4) is 0 Å². The molecule has 25 heavy (non-hydrogen) atoms. The van der Waals surface area contributed by atoms with Gasteiger partial charge in [-0.3, -0.25) is 9.59 Å². The molecule has 2 amide bonds. The van der Waals surface area contributed by atoms with Crippen LogP contribution in [0.5, 0.6) is 0 Å². The number of thiophene rings is 1. The Morgan fingerprint density at radius 3 is 2.84 bits per heavy atom. The zero-order chi connectivity index (χ0) is 17.6. The molecular weight excluding hydrogens is 334 g/mol. The third-order valence-corrected chi connectivity index (χ3v) is 4.58. The van der Waals surface area contributed by atoms with Crippen molar-refractivity contribution in [3.05, 3.63) is 70.6 Å². The maximum atomic E-state index is 12.0. The summed E-state index contributed by atoms with van der Waals surface area (Å²) in [4.78, 5) is 23.8. The highest BCUT2D eigenvalue weighted by Crippen LogP contribution is 2.23. The van der Waals surface area contributed by atoms with Gasteiger partial charge in [0.2, 0.25) is 0 Å². The number of hydrogen-bond acceptors (Lipinski definition) is 4. The Morgan fingerprint density at radius 2 is 2.00 bits per heavy atom. The van der Waals surface area contributed by atoms with Gasteiger partial charge in [0.1, 0.15) is 0 Å². The fraction of sp³-hybridized carbons (Fsp3) is 0.105. The first-order valence-corrected chi connectivity index (χ1v) is 8.64. The maximum absolute atomic E-state index is 12.0. The van der Waals surface area contributed by atoms with Crippen LogP contribution in [0.1, 0.15) is 21.5 Å². The number of carbonyl (C=O) groups is 2. The highest BCUT2D eigenvalue weighted by Gasteiger charge is 2.07. The van der Waals surface area contributed by atoms with Crippen molar-refractivity contribution in [1.29, 1.82) is 0 Å². The SMILES string of the molecule is Cc1cccc(C(=O)NCC(=O)N/N=C/c2csc3ccccc23)c1. The van der Waals surface area contributed by atoms with Crippen molar-refractivity contribution in [1.82, 2.24) is 10.7 Å². The molecule has 0 aliphatic carbocycles. The average molecular weight is 351 g/mol. The molecule has 3 aromatic rings. The number of aryl methyl sites for hydroxylation is 1. The zero-order valence-electron chi connectivity index (χ0n) is 13.7. The van der Waals surface area contributed by atoms with E-state index in [4.69, 9.17) is 0 Å². The average Bonchev–Trinajstić information content (AvgIpc) is 3.03. The van der Waals surface area contributed by atoms with Crippen LogP contribution in [0.2, 0.25) is 0 Å². The number of nitrogens with zero attached hydrogens (tertiary/aromatic N) is 1. The first-order valence-electron chi connectivity index (χ1n) is 7.76. The molecule has 2 N–H and O–H groups in total. The van der Waals surface area contributed by atoms with Crippen LogP contribution in [0.25, 0.3) is 10.1 Å². The van der Waals surface area contributed by atoms with Crippen LogP contribution in [0.15, 0.2) is 59.0 Å². The summed E-state index contributed by atoms with van der Waals surface area (Å²) in [5.74, 6) is -0.663. The van der Waals surface area contributed by atoms with Gasteiger partial charge in [0.15, 0.2) is 0 Å². The molecule has 0 radical (unpaired) electrons. The minimum atomic E-state index is -0.378. The lowest BCUT2D eigenvalue weighted by Gasteiger charge is -2.04. The molecule has 2 aromatic carbocycles. The highest BCUT2D eigenvalue weighted by molar-refractivity contribution is 7.17. The zero-order valence-corrected chi connectivity index (χ0v) is 14.5. The molecule has 0 bridgehead atoms. The summed E-state index contributed by atoms with van der Waals surface area (Å²) in [6, 6.07) is 15.2. The van der Waals surface area contributed by atoms with Crippen LogP contribution in [-0.2, 0) is 4.79 Å². The monoisotopic (exact) mass is 351 g/mol. The molecule has 0 unspecified atom stereocenters. The Hall–Kier alpha value is -2.99. The molecule has 6 heteroatoms. The molecule has 0 fully saturated rings. The first-order chi connectivity index (χ1) is 12.1. The number of rotatable bonds is 5. The number of carbonyl (C=O) groups excluding carboxylic acids is 2. The first kappa shape index (κ1) is 16.9. The number of nitrogens with one attached hydrogen (secondary N) is 2. The van der Waals surface area contributed by atoms with Gasteiger partial charge in [0, 0.05) is 26.6 Å². The number of hydrogen-bond donors (Lipinski definition) is 2. The van der Waals surface area contributed by atoms with E-state index in [1.165, 1.54) is 4.70 Å². The van der Waals surface area contributed by atoms with Crippen molar-refractivity contribution in [2.24, 2.45) is 5.10 Å². The van der Waals surface area contributed by atoms with Gasteiger partial charge in [-0.05, 0) is 25.1 Å². The molecule has 0 aliphatic heterocycles. The number of benzene rings is 2. The molecule has 1 heterocycles. The van der Waals surface area contributed by atoms with Crippen LogP contribution in [-0.4, -0.2) is 24.6 Å². The lowest BCUT2D eigenvalue weighted by molar-refractivity contribution is -0.120. The highest BCUT2D eigenvalue weighted by atomic mass is 32.1. The summed E-state index contributed by atoms with van der Waals surface area (Å²) < 4.78 is 1.17. The van der Waals surface area contributed by atoms with Gasteiger partial charge in [-0.15, -0.1) is 11.3 Å². The Bertz CT molecular complexity index is 947. The molecule has 0 saturated heterocycles. The quantitative estimate of drug-likeness (QED) is 0.548. The van der Waals surface area contributed by atoms with Crippen molar-refractivity contribution >= 4 is 39.5 Å². The summed E-state index contributed by atoms with van der Waals surface area (Å²) in [7, 11) is 0. The van der Waals surface area contributed by atoms with Crippen molar-refractivity contribution in [2.45, 2.75) is 6.92 Å². The van der Waals surface area contributed by atoms with E-state index >= 15 is 0 Å². The molecule has 0 aliphatic rings. The van der Waals surface area contributed by atoms with Crippen LogP contribution < -0.4 is 10.7 Å². The van der Waals surface area contributed by atoms with E-state index in [0.29, 0.717) is 5.56 Å². The van der Waals surface area contributed by atoms with Gasteiger partial charge in [-0.25, -0.2) is 5.43 Å². The summed E-state index contributed by atoms with van der Waals surface area (Å²) in [6.07, 6.45) is 1.61. The summed E-state index contributed by atoms with van der Waals surface area (Å²) in [6.45, 7) is 1.78. The minimum absolute atomic E-state index is 0.130. The summed E-state index contributed by atoms with van der Waals surface area (Å²) in [5, 5.41) is 9.62. The number of amides is 2. The van der Waals surface area contributed by atoms with E-state index in [2.05, 4.69) is 15.8 Å². The number of hydrazone groups is 1. The third-order valence-electron chi connectivity index (χ3n) is 3.59. The van der Waals surface area contributed by atoms with Gasteiger partial charge in [-0.2, -0.15) is 5.10 Å². The molecule has 126 valence electrons. The van der Waals surface area contributed by atoms with E-state index in [1.54, 1.807) is 35.8 Å². The van der Waals surface area contributed by atoms with Crippen LogP contribution in [0, 0.1) is 6.92 Å². The van der Waals surface area contributed by atoms with Crippen molar-refractivity contribution < 1.29 is 9.59 Å². The standard InChI is InChI=1S/C19H17N3O2S/c1-13-5-4-6-14(9-13)19(24)20-11-18(23)22-21-10-15-12-25-17-8-3-2-7-16(15)17/h2-10,12H,11H2,1H3,(H,20,24)(H,22,23)/b21-10+. The second kappa shape index (κ2) is 7.72. The fourth-order valence-electron chi connectivity index (χ4n) is 2.36. The molecule has 0 atom stereocenters. The summed E-state index contributed by atoms with van der Waals surface area (Å²) in [5.41, 5.74) is 4.89. The Balaban J connectivity index is 1.52. The topological polar surface area (TPSA) is 70.6 Å². The van der Waals surface area contributed by atoms with Crippen molar-refractivity contribution in [3.63, 3.8) is 0 Å². The number of fused-ring (bicyclic) bond motifs is 1. The molecule has 1 aromatic heterocycles. The Morgan fingerprint density at radius 1 is 1.16 bits per heavy atom. The predicted octanol–water partition coefficient (Wildman–Crippen LogP) is 3.09. The predicted molar refractivity (Wildman–Crippen MR) is 101 cm³/mol. The van der Waals surface area contributed by atoms with Crippen LogP contribution >= 0.6 is 11.3 Å². The molecule has 3 rings (SSSR count). The second-order valence-corrected chi connectivity index (χ2v) is 6.44. The Kier molecular flexibility index (Phi) is 5.20. The normalized spacial score (nSPS) is 10.9. The minimum Gasteiger partial charge on any atom is -0.343 e. The van der Waals surface area contributed by atoms with Gasteiger partial charge >= 0.3 is 0 Å². The van der Waals surface area contributed by atoms with Gasteiger partial charge in [-0.1, -0.05) is 35.9 Å². The summed E-state index contributed by atoms with van der Waals surface area (Å²) >= 11 is 1.62. The van der Waals surface area contributed by atoms with E-state index in [9.17, 15) is 9.59 Å². The van der Waals surface area contributed by atoms with E-state index in [-0.39, 0.29) is 18.4 Å². The molecule has 0 saturated carbocycles. The van der Waals surface area contributed by atoms with Gasteiger partial charge < -0.3 is 5.32 Å². The fourth-order valence-corrected chi connectivity index (χ4v) is 3.27. The third kappa shape index (κ3) is 4.30. The molecular formula is C19H17N3O2S. The van der Waals surface area contributed by atoms with Crippen molar-refractivity contribution in [2.75, 3.05) is 6.54 Å². The lowest BCUT2D eigenvalue weighted by Crippen LogP contribution is -2.34. The lowest BCUT2D eigenvalue weighted by atomic mass is 10.1. The van der Waals surface area contributed by atoms with E-state index in [0.717, 1.165) is 16.5 Å². The smallest absolute Gasteiger partial charge is 0.259 e. The van der Waals surface area contributed by atoms with Crippen molar-refractivity contribution in [3.8, 4) is 0 Å². The Labute approximate surface area is 149 Å². The van der Waals surface area contributed by atoms with E-state index < -0.39 is 0 Å².